The summed E-state index contributed by atoms with van der Waals surface area (Å²) in [5, 5.41) is 9.90. The summed E-state index contributed by atoms with van der Waals surface area (Å²) in [5.74, 6) is 0.0661. The van der Waals surface area contributed by atoms with Crippen molar-refractivity contribution in [2.45, 2.75) is 13.0 Å². The number of rotatable bonds is 7. The van der Waals surface area contributed by atoms with E-state index >= 15 is 0 Å². The van der Waals surface area contributed by atoms with E-state index in [4.69, 9.17) is 4.42 Å². The number of aromatic nitrogens is 4. The number of oxazole rings is 1. The average Bonchev–Trinajstić information content (AvgIpc) is 3.45. The lowest BCUT2D eigenvalue weighted by molar-refractivity contribution is 0.252. The molecule has 0 spiro atoms. The quantitative estimate of drug-likeness (QED) is 0.376. The van der Waals surface area contributed by atoms with Crippen LogP contribution >= 0.6 is 0 Å². The molecule has 0 bridgehead atoms. The van der Waals surface area contributed by atoms with Gasteiger partial charge in [-0.1, -0.05) is 18.2 Å². The van der Waals surface area contributed by atoms with E-state index in [0.29, 0.717) is 41.4 Å². The number of hydrogen-bond acceptors (Lipinski definition) is 5. The number of anilines is 1. The van der Waals surface area contributed by atoms with Gasteiger partial charge in [0, 0.05) is 30.4 Å². The molecule has 0 aliphatic heterocycles. The Balaban J connectivity index is 1.15. The van der Waals surface area contributed by atoms with Crippen LogP contribution in [0.15, 0.2) is 88.4 Å². The predicted octanol–water partition coefficient (Wildman–Crippen LogP) is 3.70. The van der Waals surface area contributed by atoms with Crippen LogP contribution in [0.4, 0.5) is 14.9 Å². The van der Waals surface area contributed by atoms with Gasteiger partial charge in [-0.25, -0.2) is 23.6 Å². The summed E-state index contributed by atoms with van der Waals surface area (Å²) in [4.78, 5) is 29.2. The molecule has 0 unspecified atom stereocenters. The Hall–Kier alpha value is -4.73. The van der Waals surface area contributed by atoms with Crippen molar-refractivity contribution in [2.75, 3.05) is 11.9 Å². The number of amides is 2. The Bertz CT molecular complexity index is 1540. The van der Waals surface area contributed by atoms with Crippen LogP contribution in [-0.4, -0.2) is 31.7 Å². The Labute approximate surface area is 198 Å². The Morgan fingerprint density at radius 2 is 1.91 bits per heavy atom. The van der Waals surface area contributed by atoms with Gasteiger partial charge < -0.3 is 15.1 Å². The van der Waals surface area contributed by atoms with E-state index < -0.39 is 0 Å². The zero-order valence-electron chi connectivity index (χ0n) is 18.5. The monoisotopic (exact) mass is 472 g/mol. The van der Waals surface area contributed by atoms with E-state index in [9.17, 15) is 14.0 Å². The van der Waals surface area contributed by atoms with Crippen LogP contribution in [0.25, 0.3) is 17.1 Å². The summed E-state index contributed by atoms with van der Waals surface area (Å²) in [6.45, 7) is 0.623. The Morgan fingerprint density at radius 3 is 2.74 bits per heavy atom. The average molecular weight is 472 g/mol. The molecule has 2 amide bonds. The van der Waals surface area contributed by atoms with Crippen LogP contribution in [-0.2, 0) is 13.0 Å². The number of nitrogens with zero attached hydrogens (tertiary/aromatic N) is 4. The normalized spacial score (nSPS) is 11.0. The van der Waals surface area contributed by atoms with Gasteiger partial charge in [-0.05, 0) is 54.1 Å². The van der Waals surface area contributed by atoms with Gasteiger partial charge in [-0.3, -0.25) is 4.40 Å². The van der Waals surface area contributed by atoms with Gasteiger partial charge in [0.1, 0.15) is 12.1 Å². The number of nitrogens with one attached hydrogen (secondary N) is 2. The SMILES string of the molecule is O=C(NCCc1coc(-c2ccc(F)cc2)n1)Nc1cccc(Cn2nc3ccccn3c2=O)c1. The maximum atomic E-state index is 13.1. The molecule has 0 atom stereocenters. The first-order valence-electron chi connectivity index (χ1n) is 10.9. The molecule has 5 aromatic rings. The predicted molar refractivity (Wildman–Crippen MR) is 128 cm³/mol. The molecule has 5 rings (SSSR count). The van der Waals surface area contributed by atoms with E-state index in [0.717, 1.165) is 5.56 Å². The molecule has 3 aromatic heterocycles. The topological polar surface area (TPSA) is 106 Å². The summed E-state index contributed by atoms with van der Waals surface area (Å²) in [7, 11) is 0. The standard InChI is InChI=1S/C25H21FN6O3/c26-19-9-7-18(8-10-19)23-28-21(16-35-23)11-12-27-24(33)29-20-5-3-4-17(14-20)15-32-25(34)31-13-2-1-6-22(31)30-32/h1-10,13-14,16H,11-12,15H2,(H2,27,29,33). The highest BCUT2D eigenvalue weighted by atomic mass is 19.1. The van der Waals surface area contributed by atoms with Gasteiger partial charge in [0.25, 0.3) is 0 Å². The number of pyridine rings is 1. The molecule has 35 heavy (non-hydrogen) atoms. The molecule has 0 saturated heterocycles. The maximum Gasteiger partial charge on any atom is 0.350 e. The molecular weight excluding hydrogens is 451 g/mol. The third kappa shape index (κ3) is 5.11. The number of carbonyl (C=O) groups excluding carboxylic acids is 1. The minimum absolute atomic E-state index is 0.229. The molecule has 2 aromatic carbocycles. The van der Waals surface area contributed by atoms with Gasteiger partial charge in [-0.2, -0.15) is 0 Å². The fraction of sp³-hybridized carbons (Fsp3) is 0.120. The number of benzene rings is 2. The number of fused-ring (bicyclic) bond motifs is 1. The number of halogens is 1. The van der Waals surface area contributed by atoms with Crippen LogP contribution < -0.4 is 16.3 Å². The van der Waals surface area contributed by atoms with Crippen LogP contribution in [0.3, 0.4) is 0 Å². The molecule has 9 nitrogen and oxygen atoms in total. The lowest BCUT2D eigenvalue weighted by Gasteiger charge is -2.08. The second-order valence-corrected chi connectivity index (χ2v) is 7.85. The molecule has 0 fully saturated rings. The molecule has 176 valence electrons. The third-order valence-corrected chi connectivity index (χ3v) is 5.32. The van der Waals surface area contributed by atoms with Gasteiger partial charge in [0.2, 0.25) is 5.89 Å². The van der Waals surface area contributed by atoms with Crippen molar-refractivity contribution < 1.29 is 13.6 Å². The minimum atomic E-state index is -0.366. The van der Waals surface area contributed by atoms with E-state index in [2.05, 4.69) is 20.7 Å². The van der Waals surface area contributed by atoms with Crippen molar-refractivity contribution >= 4 is 17.4 Å². The molecule has 0 radical (unpaired) electrons. The first kappa shape index (κ1) is 22.1. The van der Waals surface area contributed by atoms with Gasteiger partial charge in [0.05, 0.1) is 12.2 Å². The Kier molecular flexibility index (Phi) is 6.08. The number of hydrogen-bond donors (Lipinski definition) is 2. The zero-order chi connectivity index (χ0) is 24.2. The first-order chi connectivity index (χ1) is 17.0. The highest BCUT2D eigenvalue weighted by molar-refractivity contribution is 5.89. The van der Waals surface area contributed by atoms with Crippen molar-refractivity contribution in [1.29, 1.82) is 0 Å². The summed E-state index contributed by atoms with van der Waals surface area (Å²) < 4.78 is 21.4. The van der Waals surface area contributed by atoms with Crippen LogP contribution in [0, 0.1) is 5.82 Å². The van der Waals surface area contributed by atoms with Crippen molar-refractivity contribution in [3.63, 3.8) is 0 Å². The fourth-order valence-electron chi connectivity index (χ4n) is 3.62. The number of urea groups is 1. The molecule has 10 heteroatoms. The summed E-state index contributed by atoms with van der Waals surface area (Å²) >= 11 is 0. The van der Waals surface area contributed by atoms with Crippen LogP contribution in [0.5, 0.6) is 0 Å². The molecule has 0 aliphatic carbocycles. The van der Waals surface area contributed by atoms with Gasteiger partial charge in [-0.15, -0.1) is 5.10 Å². The largest absolute Gasteiger partial charge is 0.444 e. The van der Waals surface area contributed by atoms with E-state index in [1.165, 1.54) is 27.5 Å². The first-order valence-corrected chi connectivity index (χ1v) is 10.9. The lowest BCUT2D eigenvalue weighted by atomic mass is 10.2. The molecule has 3 heterocycles. The van der Waals surface area contributed by atoms with E-state index in [-0.39, 0.29) is 24.1 Å². The zero-order valence-corrected chi connectivity index (χ0v) is 18.5. The molecule has 0 aliphatic rings. The van der Waals surface area contributed by atoms with Gasteiger partial charge in [0.15, 0.2) is 5.65 Å². The maximum absolute atomic E-state index is 13.1. The van der Waals surface area contributed by atoms with Crippen LogP contribution in [0.1, 0.15) is 11.3 Å². The third-order valence-electron chi connectivity index (χ3n) is 5.32. The van der Waals surface area contributed by atoms with Crippen molar-refractivity contribution in [3.05, 3.63) is 107 Å². The Morgan fingerprint density at radius 1 is 1.06 bits per heavy atom. The van der Waals surface area contributed by atoms with Crippen molar-refractivity contribution in [1.82, 2.24) is 24.5 Å². The summed E-state index contributed by atoms with van der Waals surface area (Å²) in [5.41, 5.74) is 3.11. The van der Waals surface area contributed by atoms with Crippen molar-refractivity contribution in [2.24, 2.45) is 0 Å². The second kappa shape index (κ2) is 9.64. The fourth-order valence-corrected chi connectivity index (χ4v) is 3.62. The summed E-state index contributed by atoms with van der Waals surface area (Å²) in [6.07, 6.45) is 3.66. The summed E-state index contributed by atoms with van der Waals surface area (Å²) in [6, 6.07) is 18.1. The van der Waals surface area contributed by atoms with E-state index in [1.807, 2.05) is 12.1 Å². The second-order valence-electron chi connectivity index (χ2n) is 7.85. The number of carbonyl (C=O) groups is 1. The molecule has 2 N–H and O–H groups in total. The highest BCUT2D eigenvalue weighted by Gasteiger charge is 2.10. The smallest absolute Gasteiger partial charge is 0.350 e. The lowest BCUT2D eigenvalue weighted by Crippen LogP contribution is -2.30. The van der Waals surface area contributed by atoms with E-state index in [1.54, 1.807) is 48.7 Å². The minimum Gasteiger partial charge on any atom is -0.444 e. The van der Waals surface area contributed by atoms with Gasteiger partial charge >= 0.3 is 11.7 Å². The molecular formula is C25H21FN6O3. The van der Waals surface area contributed by atoms with Crippen LogP contribution in [0.2, 0.25) is 0 Å². The highest BCUT2D eigenvalue weighted by Crippen LogP contribution is 2.19. The van der Waals surface area contributed by atoms with Crippen molar-refractivity contribution in [3.8, 4) is 11.5 Å². The molecule has 0 saturated carbocycles.